The number of carbonyl (C=O) groups is 2. The average Bonchev–Trinajstić information content (AvgIpc) is 2.56. The predicted octanol–water partition coefficient (Wildman–Crippen LogP) is 3.22. The van der Waals surface area contributed by atoms with E-state index in [1.54, 1.807) is 55.5 Å². The van der Waals surface area contributed by atoms with Gasteiger partial charge in [-0.3, -0.25) is 9.59 Å². The number of Topliss-reactive ketones (excluding diaryl/α,β-unsaturated/α-hetero) is 1. The highest BCUT2D eigenvalue weighted by atomic mass is 16.5. The van der Waals surface area contributed by atoms with Gasteiger partial charge in [-0.05, 0) is 24.6 Å². The maximum Gasteiger partial charge on any atom is 0.321 e. The summed E-state index contributed by atoms with van der Waals surface area (Å²) < 4.78 is 10.2. The summed E-state index contributed by atoms with van der Waals surface area (Å²) in [5.41, 5.74) is 1.04. The molecule has 2 aromatic rings. The van der Waals surface area contributed by atoms with Crippen LogP contribution >= 0.6 is 0 Å². The molecule has 4 nitrogen and oxygen atoms in total. The fraction of sp³-hybridized carbons (Fsp3) is 0.222. The molecule has 0 N–H and O–H groups in total. The Bertz CT molecular complexity index is 649. The molecular formula is C18H18O4. The zero-order valence-corrected chi connectivity index (χ0v) is 12.6. The molecule has 0 fully saturated rings. The largest absolute Gasteiger partial charge is 0.497 e. The first-order valence-corrected chi connectivity index (χ1v) is 7.07. The molecule has 2 rings (SSSR count). The Morgan fingerprint density at radius 3 is 2.41 bits per heavy atom. The molecular weight excluding hydrogens is 280 g/mol. The lowest BCUT2D eigenvalue weighted by Crippen LogP contribution is -2.24. The first-order valence-electron chi connectivity index (χ1n) is 7.07. The Kier molecular flexibility index (Phi) is 5.31. The van der Waals surface area contributed by atoms with Crippen molar-refractivity contribution in [1.29, 1.82) is 0 Å². The standard InChI is InChI=1S/C18H18O4/c1-3-22-18(20)16(14-10-7-11-15(12-14)21-2)17(19)13-8-5-4-6-9-13/h4-12,16H,3H2,1-2H3/t16-/m0/s1. The maximum atomic E-state index is 12.7. The number of carbonyl (C=O) groups excluding carboxylic acids is 2. The molecule has 0 aliphatic heterocycles. The van der Waals surface area contributed by atoms with E-state index in [1.165, 1.54) is 7.11 Å². The van der Waals surface area contributed by atoms with Crippen LogP contribution in [0.1, 0.15) is 28.8 Å². The Hall–Kier alpha value is -2.62. The Morgan fingerprint density at radius 2 is 1.77 bits per heavy atom. The first-order chi connectivity index (χ1) is 10.7. The van der Waals surface area contributed by atoms with Crippen LogP contribution in [-0.4, -0.2) is 25.5 Å². The van der Waals surface area contributed by atoms with Gasteiger partial charge in [-0.2, -0.15) is 0 Å². The SMILES string of the molecule is CCOC(=O)[C@H](C(=O)c1ccccc1)c1cccc(OC)c1. The highest BCUT2D eigenvalue weighted by Gasteiger charge is 2.30. The van der Waals surface area contributed by atoms with Crippen molar-refractivity contribution in [3.8, 4) is 5.75 Å². The van der Waals surface area contributed by atoms with Crippen LogP contribution < -0.4 is 4.74 Å². The third kappa shape index (κ3) is 3.52. The molecule has 0 unspecified atom stereocenters. The van der Waals surface area contributed by atoms with Crippen LogP contribution in [0.2, 0.25) is 0 Å². The van der Waals surface area contributed by atoms with Crippen LogP contribution in [0.4, 0.5) is 0 Å². The van der Waals surface area contributed by atoms with Crippen molar-refractivity contribution in [2.45, 2.75) is 12.8 Å². The van der Waals surface area contributed by atoms with E-state index in [0.717, 1.165) is 0 Å². The van der Waals surface area contributed by atoms with Crippen molar-refractivity contribution >= 4 is 11.8 Å². The van der Waals surface area contributed by atoms with Crippen LogP contribution in [0.5, 0.6) is 5.75 Å². The quantitative estimate of drug-likeness (QED) is 0.467. The number of esters is 1. The van der Waals surface area contributed by atoms with Gasteiger partial charge in [0.2, 0.25) is 0 Å². The van der Waals surface area contributed by atoms with Gasteiger partial charge in [-0.15, -0.1) is 0 Å². The summed E-state index contributed by atoms with van der Waals surface area (Å²) in [7, 11) is 1.54. The molecule has 2 aromatic carbocycles. The highest BCUT2D eigenvalue weighted by Crippen LogP contribution is 2.26. The molecule has 0 aromatic heterocycles. The van der Waals surface area contributed by atoms with Crippen LogP contribution in [-0.2, 0) is 9.53 Å². The fourth-order valence-electron chi connectivity index (χ4n) is 2.21. The van der Waals surface area contributed by atoms with E-state index < -0.39 is 11.9 Å². The highest BCUT2D eigenvalue weighted by molar-refractivity contribution is 6.13. The molecule has 114 valence electrons. The van der Waals surface area contributed by atoms with Gasteiger partial charge in [0.05, 0.1) is 13.7 Å². The van der Waals surface area contributed by atoms with Crippen LogP contribution in [0.25, 0.3) is 0 Å². The number of methoxy groups -OCH3 is 1. The lowest BCUT2D eigenvalue weighted by atomic mass is 9.90. The number of hydrogen-bond acceptors (Lipinski definition) is 4. The normalized spacial score (nSPS) is 11.5. The summed E-state index contributed by atoms with van der Waals surface area (Å²) in [6, 6.07) is 15.7. The number of hydrogen-bond donors (Lipinski definition) is 0. The molecule has 0 aliphatic rings. The second-order valence-electron chi connectivity index (χ2n) is 4.69. The molecule has 0 saturated carbocycles. The van der Waals surface area contributed by atoms with E-state index >= 15 is 0 Å². The molecule has 0 spiro atoms. The van der Waals surface area contributed by atoms with Crippen molar-refractivity contribution in [3.63, 3.8) is 0 Å². The van der Waals surface area contributed by atoms with Crippen molar-refractivity contribution in [3.05, 3.63) is 65.7 Å². The fourth-order valence-corrected chi connectivity index (χ4v) is 2.21. The minimum Gasteiger partial charge on any atom is -0.497 e. The summed E-state index contributed by atoms with van der Waals surface area (Å²) in [5.74, 6) is -1.23. The van der Waals surface area contributed by atoms with Gasteiger partial charge in [0.15, 0.2) is 5.78 Å². The summed E-state index contributed by atoms with van der Waals surface area (Å²) in [5, 5.41) is 0. The third-order valence-corrected chi connectivity index (χ3v) is 3.27. The van der Waals surface area contributed by atoms with Crippen molar-refractivity contribution in [1.82, 2.24) is 0 Å². The van der Waals surface area contributed by atoms with Crippen molar-refractivity contribution in [2.24, 2.45) is 0 Å². The lowest BCUT2D eigenvalue weighted by Gasteiger charge is -2.16. The smallest absolute Gasteiger partial charge is 0.321 e. The van der Waals surface area contributed by atoms with Crippen molar-refractivity contribution in [2.75, 3.05) is 13.7 Å². The molecule has 4 heteroatoms. The number of benzene rings is 2. The zero-order chi connectivity index (χ0) is 15.9. The molecule has 0 radical (unpaired) electrons. The second kappa shape index (κ2) is 7.41. The Labute approximate surface area is 129 Å². The maximum absolute atomic E-state index is 12.7. The predicted molar refractivity (Wildman–Crippen MR) is 83.1 cm³/mol. The molecule has 0 heterocycles. The van der Waals surface area contributed by atoms with Gasteiger partial charge in [0, 0.05) is 5.56 Å². The summed E-state index contributed by atoms with van der Waals surface area (Å²) >= 11 is 0. The van der Waals surface area contributed by atoms with Crippen molar-refractivity contribution < 1.29 is 19.1 Å². The van der Waals surface area contributed by atoms with E-state index in [0.29, 0.717) is 16.9 Å². The van der Waals surface area contributed by atoms with E-state index in [1.807, 2.05) is 6.07 Å². The topological polar surface area (TPSA) is 52.6 Å². The summed E-state index contributed by atoms with van der Waals surface area (Å²) in [6.45, 7) is 1.94. The molecule has 0 amide bonds. The minimum absolute atomic E-state index is 0.224. The molecule has 0 aliphatic carbocycles. The second-order valence-corrected chi connectivity index (χ2v) is 4.69. The van der Waals surface area contributed by atoms with Gasteiger partial charge in [-0.1, -0.05) is 42.5 Å². The molecule has 0 bridgehead atoms. The van der Waals surface area contributed by atoms with Crippen LogP contribution in [0, 0.1) is 0 Å². The Balaban J connectivity index is 2.42. The van der Waals surface area contributed by atoms with Crippen LogP contribution in [0.15, 0.2) is 54.6 Å². The van der Waals surface area contributed by atoms with Gasteiger partial charge >= 0.3 is 5.97 Å². The molecule has 22 heavy (non-hydrogen) atoms. The van der Waals surface area contributed by atoms with E-state index in [9.17, 15) is 9.59 Å². The van der Waals surface area contributed by atoms with Gasteiger partial charge in [0.25, 0.3) is 0 Å². The number of ether oxygens (including phenoxy) is 2. The van der Waals surface area contributed by atoms with Gasteiger partial charge in [-0.25, -0.2) is 0 Å². The minimum atomic E-state index is -0.988. The molecule has 1 atom stereocenters. The number of ketones is 1. The zero-order valence-electron chi connectivity index (χ0n) is 12.6. The summed E-state index contributed by atoms with van der Waals surface area (Å²) in [6.07, 6.45) is 0. The monoisotopic (exact) mass is 298 g/mol. The number of rotatable bonds is 6. The third-order valence-electron chi connectivity index (χ3n) is 3.27. The summed E-state index contributed by atoms with van der Waals surface area (Å²) in [4.78, 5) is 25.0. The first kappa shape index (κ1) is 15.8. The van der Waals surface area contributed by atoms with E-state index in [4.69, 9.17) is 9.47 Å². The van der Waals surface area contributed by atoms with E-state index in [-0.39, 0.29) is 12.4 Å². The van der Waals surface area contributed by atoms with E-state index in [2.05, 4.69) is 0 Å². The van der Waals surface area contributed by atoms with Crippen LogP contribution in [0.3, 0.4) is 0 Å². The Morgan fingerprint density at radius 1 is 1.05 bits per heavy atom. The van der Waals surface area contributed by atoms with Gasteiger partial charge in [0.1, 0.15) is 11.7 Å². The average molecular weight is 298 g/mol. The van der Waals surface area contributed by atoms with Gasteiger partial charge < -0.3 is 9.47 Å². The lowest BCUT2D eigenvalue weighted by molar-refractivity contribution is -0.143. The molecule has 0 saturated heterocycles.